The van der Waals surface area contributed by atoms with Crippen molar-refractivity contribution in [3.8, 4) is 0 Å². The summed E-state index contributed by atoms with van der Waals surface area (Å²) >= 11 is 3.52. The number of carbonyl (C=O) groups is 1. The van der Waals surface area contributed by atoms with Crippen LogP contribution in [0.3, 0.4) is 0 Å². The number of unbranched alkanes of at least 4 members (excludes halogenated alkanes) is 1. The summed E-state index contributed by atoms with van der Waals surface area (Å²) in [6.07, 6.45) is 5.17. The normalized spacial score (nSPS) is 10.6. The number of rotatable bonds is 4. The number of hydrogen-bond donors (Lipinski definition) is 0. The summed E-state index contributed by atoms with van der Waals surface area (Å²) < 4.78 is 1.06. The highest BCUT2D eigenvalue weighted by molar-refractivity contribution is 9.10. The molecule has 82 valence electrons. The molecule has 0 aliphatic heterocycles. The summed E-state index contributed by atoms with van der Waals surface area (Å²) in [5, 5.41) is 1.13. The number of benzene rings is 1. The summed E-state index contributed by atoms with van der Waals surface area (Å²) in [5.41, 5.74) is 2.24. The molecule has 0 aliphatic carbocycles. The van der Waals surface area contributed by atoms with Crippen molar-refractivity contribution in [2.24, 2.45) is 0 Å². The zero-order chi connectivity index (χ0) is 11.4. The monoisotopic (exact) mass is 277 g/mol. The number of pyridine rings is 1. The predicted octanol–water partition coefficient (Wildman–Crippen LogP) is 3.52. The second-order valence-electron chi connectivity index (χ2n) is 3.66. The maximum absolute atomic E-state index is 10.3. The molecule has 0 saturated heterocycles. The van der Waals surface area contributed by atoms with E-state index in [0.29, 0.717) is 6.42 Å². The molecule has 0 unspecified atom stereocenters. The van der Waals surface area contributed by atoms with Gasteiger partial charge in [-0.15, -0.1) is 0 Å². The standard InChI is InChI=1S/C13H12BrNO/c14-12-7-6-10(4-1-2-9-16)13-11(12)5-3-8-15-13/h3,5-9H,1-2,4H2. The Bertz CT molecular complexity index is 510. The predicted molar refractivity (Wildman–Crippen MR) is 68.4 cm³/mol. The van der Waals surface area contributed by atoms with E-state index in [-0.39, 0.29) is 0 Å². The first-order valence-corrected chi connectivity index (χ1v) is 6.08. The Hall–Kier alpha value is -1.22. The van der Waals surface area contributed by atoms with Gasteiger partial charge in [-0.1, -0.05) is 28.1 Å². The number of fused-ring (bicyclic) bond motifs is 1. The number of nitrogens with zero attached hydrogens (tertiary/aromatic N) is 1. The van der Waals surface area contributed by atoms with Crippen LogP contribution in [0.25, 0.3) is 10.9 Å². The Labute approximate surface area is 103 Å². The second-order valence-corrected chi connectivity index (χ2v) is 4.52. The minimum Gasteiger partial charge on any atom is -0.303 e. The summed E-state index contributed by atoms with van der Waals surface area (Å²) in [5.74, 6) is 0. The van der Waals surface area contributed by atoms with Gasteiger partial charge in [0.2, 0.25) is 0 Å². The van der Waals surface area contributed by atoms with Gasteiger partial charge in [0.25, 0.3) is 0 Å². The smallest absolute Gasteiger partial charge is 0.120 e. The topological polar surface area (TPSA) is 30.0 Å². The molecule has 0 aliphatic rings. The van der Waals surface area contributed by atoms with E-state index >= 15 is 0 Å². The van der Waals surface area contributed by atoms with E-state index < -0.39 is 0 Å². The number of aldehydes is 1. The van der Waals surface area contributed by atoms with Gasteiger partial charge in [-0.2, -0.15) is 0 Å². The number of aryl methyl sites for hydroxylation is 1. The third kappa shape index (κ3) is 2.30. The molecule has 1 aromatic carbocycles. The molecule has 0 spiro atoms. The maximum Gasteiger partial charge on any atom is 0.120 e. The van der Waals surface area contributed by atoms with Crippen molar-refractivity contribution in [3.05, 3.63) is 40.5 Å². The van der Waals surface area contributed by atoms with Crippen LogP contribution in [0.5, 0.6) is 0 Å². The van der Waals surface area contributed by atoms with E-state index in [9.17, 15) is 4.79 Å². The van der Waals surface area contributed by atoms with Crippen molar-refractivity contribution in [2.45, 2.75) is 19.3 Å². The number of halogens is 1. The lowest BCUT2D eigenvalue weighted by Gasteiger charge is -2.06. The lowest BCUT2D eigenvalue weighted by Crippen LogP contribution is -1.91. The Kier molecular flexibility index (Phi) is 3.67. The van der Waals surface area contributed by atoms with E-state index in [2.05, 4.69) is 33.0 Å². The Morgan fingerprint density at radius 3 is 3.00 bits per heavy atom. The van der Waals surface area contributed by atoms with Crippen molar-refractivity contribution >= 4 is 33.1 Å². The number of aromatic nitrogens is 1. The van der Waals surface area contributed by atoms with Gasteiger partial charge < -0.3 is 4.79 Å². The van der Waals surface area contributed by atoms with Crippen molar-refractivity contribution in [1.82, 2.24) is 4.98 Å². The first-order chi connectivity index (χ1) is 7.83. The zero-order valence-electron chi connectivity index (χ0n) is 8.82. The van der Waals surface area contributed by atoms with Gasteiger partial charge in [0.05, 0.1) is 5.52 Å². The van der Waals surface area contributed by atoms with Crippen LogP contribution < -0.4 is 0 Å². The molecule has 2 aromatic rings. The van der Waals surface area contributed by atoms with Crippen LogP contribution in [-0.2, 0) is 11.2 Å². The maximum atomic E-state index is 10.3. The summed E-state index contributed by atoms with van der Waals surface area (Å²) in [6, 6.07) is 8.10. The van der Waals surface area contributed by atoms with E-state index in [4.69, 9.17) is 0 Å². The van der Waals surface area contributed by atoms with Crippen LogP contribution in [0, 0.1) is 0 Å². The van der Waals surface area contributed by atoms with E-state index in [1.165, 1.54) is 5.56 Å². The molecule has 0 fully saturated rings. The number of carbonyl (C=O) groups excluding carboxylic acids is 1. The molecule has 0 amide bonds. The molecule has 0 saturated carbocycles. The fourth-order valence-corrected chi connectivity index (χ4v) is 2.23. The highest BCUT2D eigenvalue weighted by Gasteiger charge is 2.04. The molecule has 2 nitrogen and oxygen atoms in total. The lowest BCUT2D eigenvalue weighted by molar-refractivity contribution is -0.107. The highest BCUT2D eigenvalue weighted by atomic mass is 79.9. The lowest BCUT2D eigenvalue weighted by atomic mass is 10.0. The average molecular weight is 278 g/mol. The Balaban J connectivity index is 2.38. The fraction of sp³-hybridized carbons (Fsp3) is 0.231. The summed E-state index contributed by atoms with van der Waals surface area (Å²) in [4.78, 5) is 14.7. The first-order valence-electron chi connectivity index (χ1n) is 5.28. The average Bonchev–Trinajstić information content (AvgIpc) is 2.33. The molecular formula is C13H12BrNO. The van der Waals surface area contributed by atoms with Gasteiger partial charge in [-0.05, 0) is 30.5 Å². The van der Waals surface area contributed by atoms with Crippen LogP contribution >= 0.6 is 15.9 Å². The van der Waals surface area contributed by atoms with Crippen LogP contribution in [0.1, 0.15) is 18.4 Å². The van der Waals surface area contributed by atoms with Crippen LogP contribution in [0.2, 0.25) is 0 Å². The van der Waals surface area contributed by atoms with Crippen molar-refractivity contribution in [3.63, 3.8) is 0 Å². The van der Waals surface area contributed by atoms with Crippen molar-refractivity contribution < 1.29 is 4.79 Å². The third-order valence-electron chi connectivity index (χ3n) is 2.57. The van der Waals surface area contributed by atoms with Crippen molar-refractivity contribution in [2.75, 3.05) is 0 Å². The van der Waals surface area contributed by atoms with Crippen LogP contribution in [0.4, 0.5) is 0 Å². The minimum atomic E-state index is 0.615. The Morgan fingerprint density at radius 2 is 2.19 bits per heavy atom. The third-order valence-corrected chi connectivity index (χ3v) is 3.26. The molecule has 16 heavy (non-hydrogen) atoms. The molecule has 3 heteroatoms. The van der Waals surface area contributed by atoms with Gasteiger partial charge in [-0.3, -0.25) is 4.98 Å². The quantitative estimate of drug-likeness (QED) is 0.632. The van der Waals surface area contributed by atoms with Crippen LogP contribution in [-0.4, -0.2) is 11.3 Å². The SMILES string of the molecule is O=CCCCc1ccc(Br)c2cccnc12. The van der Waals surface area contributed by atoms with Crippen LogP contribution in [0.15, 0.2) is 34.9 Å². The molecule has 0 N–H and O–H groups in total. The van der Waals surface area contributed by atoms with Crippen molar-refractivity contribution in [1.29, 1.82) is 0 Å². The molecule has 1 aromatic heterocycles. The molecule has 0 radical (unpaired) electrons. The van der Waals surface area contributed by atoms with Gasteiger partial charge in [0, 0.05) is 22.5 Å². The van der Waals surface area contributed by atoms with E-state index in [1.54, 1.807) is 6.20 Å². The number of hydrogen-bond acceptors (Lipinski definition) is 2. The fourth-order valence-electron chi connectivity index (χ4n) is 1.77. The minimum absolute atomic E-state index is 0.615. The largest absolute Gasteiger partial charge is 0.303 e. The van der Waals surface area contributed by atoms with Gasteiger partial charge in [0.1, 0.15) is 6.29 Å². The zero-order valence-corrected chi connectivity index (χ0v) is 10.4. The second kappa shape index (κ2) is 5.21. The first kappa shape index (κ1) is 11.3. The molecule has 1 heterocycles. The molecule has 0 atom stereocenters. The summed E-state index contributed by atoms with van der Waals surface area (Å²) in [6.45, 7) is 0. The molecule has 0 bridgehead atoms. The highest BCUT2D eigenvalue weighted by Crippen LogP contribution is 2.25. The summed E-state index contributed by atoms with van der Waals surface area (Å²) in [7, 11) is 0. The van der Waals surface area contributed by atoms with E-state index in [1.807, 2.05) is 12.1 Å². The van der Waals surface area contributed by atoms with Gasteiger partial charge >= 0.3 is 0 Å². The van der Waals surface area contributed by atoms with Gasteiger partial charge in [-0.25, -0.2) is 0 Å². The Morgan fingerprint density at radius 1 is 1.31 bits per heavy atom. The van der Waals surface area contributed by atoms with E-state index in [0.717, 1.165) is 34.5 Å². The molecular weight excluding hydrogens is 266 g/mol. The molecule has 2 rings (SSSR count). The van der Waals surface area contributed by atoms with Gasteiger partial charge in [0.15, 0.2) is 0 Å².